The Morgan fingerprint density at radius 3 is 2.24 bits per heavy atom. The molecule has 0 aromatic carbocycles. The highest BCUT2D eigenvalue weighted by Crippen LogP contribution is 2.24. The third-order valence-electron chi connectivity index (χ3n) is 3.18. The Morgan fingerprint density at radius 1 is 1.24 bits per heavy atom. The van der Waals surface area contributed by atoms with Crippen LogP contribution in [0.1, 0.15) is 59.2 Å². The second-order valence-corrected chi connectivity index (χ2v) is 7.79. The lowest BCUT2D eigenvalue weighted by Gasteiger charge is -2.27. The van der Waals surface area contributed by atoms with Gasteiger partial charge >= 0.3 is 0 Å². The Bertz CT molecular complexity index is 355. The van der Waals surface area contributed by atoms with Gasteiger partial charge in [-0.05, 0) is 12.3 Å². The number of hydrogen-bond acceptors (Lipinski definition) is 3. The summed E-state index contributed by atoms with van der Waals surface area (Å²) < 4.78 is 0. The van der Waals surface area contributed by atoms with E-state index in [1.165, 1.54) is 10.7 Å². The number of hydrogen-bond donors (Lipinski definition) is 1. The molecule has 0 fully saturated rings. The van der Waals surface area contributed by atoms with Crippen molar-refractivity contribution in [1.29, 1.82) is 0 Å². The van der Waals surface area contributed by atoms with Crippen molar-refractivity contribution in [2.75, 3.05) is 0 Å². The molecule has 1 aromatic rings. The maximum Gasteiger partial charge on any atom is 0.107 e. The summed E-state index contributed by atoms with van der Waals surface area (Å²) in [4.78, 5) is 4.69. The standard InChI is InChI=1S/C14H26N2S/c1-10(13(2,3)4)15-8-12-16-11(9-17-12)14(5,6)7/h9-10,15H,8H2,1-7H3. The molecule has 1 heterocycles. The fourth-order valence-corrected chi connectivity index (χ4v) is 2.25. The molecule has 0 aliphatic carbocycles. The highest BCUT2D eigenvalue weighted by molar-refractivity contribution is 7.09. The first kappa shape index (κ1) is 14.7. The topological polar surface area (TPSA) is 24.9 Å². The van der Waals surface area contributed by atoms with Gasteiger partial charge in [0.05, 0.1) is 5.69 Å². The molecule has 1 rings (SSSR count). The lowest BCUT2D eigenvalue weighted by molar-refractivity contribution is 0.285. The van der Waals surface area contributed by atoms with Gasteiger partial charge in [0.2, 0.25) is 0 Å². The second kappa shape index (κ2) is 5.07. The third kappa shape index (κ3) is 4.40. The van der Waals surface area contributed by atoms with E-state index < -0.39 is 0 Å². The van der Waals surface area contributed by atoms with Gasteiger partial charge in [0.15, 0.2) is 0 Å². The number of nitrogens with zero attached hydrogens (tertiary/aromatic N) is 1. The van der Waals surface area contributed by atoms with Crippen molar-refractivity contribution in [3.63, 3.8) is 0 Å². The summed E-state index contributed by atoms with van der Waals surface area (Å²) in [6.45, 7) is 16.5. The van der Waals surface area contributed by atoms with E-state index in [4.69, 9.17) is 4.98 Å². The van der Waals surface area contributed by atoms with Gasteiger partial charge in [0, 0.05) is 23.4 Å². The lowest BCUT2D eigenvalue weighted by atomic mass is 9.88. The first-order chi connectivity index (χ1) is 7.60. The molecule has 0 spiro atoms. The van der Waals surface area contributed by atoms with Crippen LogP contribution in [0.2, 0.25) is 0 Å². The highest BCUT2D eigenvalue weighted by Gasteiger charge is 2.20. The minimum absolute atomic E-state index is 0.157. The second-order valence-electron chi connectivity index (χ2n) is 6.85. The van der Waals surface area contributed by atoms with Crippen LogP contribution in [0.15, 0.2) is 5.38 Å². The van der Waals surface area contributed by atoms with Gasteiger partial charge in [-0.1, -0.05) is 41.5 Å². The maximum absolute atomic E-state index is 4.69. The molecule has 1 unspecified atom stereocenters. The van der Waals surface area contributed by atoms with Crippen LogP contribution in [0.25, 0.3) is 0 Å². The molecule has 0 aliphatic heterocycles. The van der Waals surface area contributed by atoms with Crippen molar-refractivity contribution in [3.8, 4) is 0 Å². The fourth-order valence-electron chi connectivity index (χ4n) is 1.28. The van der Waals surface area contributed by atoms with E-state index in [0.717, 1.165) is 6.54 Å². The number of nitrogens with one attached hydrogen (secondary N) is 1. The minimum Gasteiger partial charge on any atom is -0.307 e. The van der Waals surface area contributed by atoms with Crippen LogP contribution in [0.5, 0.6) is 0 Å². The Kier molecular flexibility index (Phi) is 4.37. The summed E-state index contributed by atoms with van der Waals surface area (Å²) in [5.41, 5.74) is 1.65. The smallest absolute Gasteiger partial charge is 0.107 e. The van der Waals surface area contributed by atoms with Gasteiger partial charge in [-0.25, -0.2) is 4.98 Å². The van der Waals surface area contributed by atoms with Crippen LogP contribution in [0, 0.1) is 5.41 Å². The molecular weight excluding hydrogens is 228 g/mol. The van der Waals surface area contributed by atoms with Gasteiger partial charge in [0.25, 0.3) is 0 Å². The van der Waals surface area contributed by atoms with Crippen molar-refractivity contribution < 1.29 is 0 Å². The molecule has 0 radical (unpaired) electrons. The normalized spacial score (nSPS) is 15.0. The van der Waals surface area contributed by atoms with Gasteiger partial charge < -0.3 is 5.32 Å². The van der Waals surface area contributed by atoms with Crippen LogP contribution in [0.4, 0.5) is 0 Å². The molecular formula is C14H26N2S. The molecule has 98 valence electrons. The summed E-state index contributed by atoms with van der Waals surface area (Å²) in [6.07, 6.45) is 0. The zero-order valence-electron chi connectivity index (χ0n) is 12.2. The maximum atomic E-state index is 4.69. The van der Waals surface area contributed by atoms with E-state index in [1.54, 1.807) is 11.3 Å². The molecule has 0 aliphatic rings. The number of aromatic nitrogens is 1. The minimum atomic E-state index is 0.157. The summed E-state index contributed by atoms with van der Waals surface area (Å²) in [7, 11) is 0. The fraction of sp³-hybridized carbons (Fsp3) is 0.786. The molecule has 0 saturated heterocycles. The van der Waals surface area contributed by atoms with Crippen LogP contribution >= 0.6 is 11.3 Å². The molecule has 0 amide bonds. The highest BCUT2D eigenvalue weighted by atomic mass is 32.1. The van der Waals surface area contributed by atoms with Gasteiger partial charge in [0.1, 0.15) is 5.01 Å². The molecule has 17 heavy (non-hydrogen) atoms. The molecule has 1 atom stereocenters. The van der Waals surface area contributed by atoms with Crippen molar-refractivity contribution in [1.82, 2.24) is 10.3 Å². The van der Waals surface area contributed by atoms with Crippen molar-refractivity contribution in [3.05, 3.63) is 16.1 Å². The monoisotopic (exact) mass is 254 g/mol. The Labute approximate surface area is 110 Å². The van der Waals surface area contributed by atoms with E-state index in [0.29, 0.717) is 11.5 Å². The summed E-state index contributed by atoms with van der Waals surface area (Å²) >= 11 is 1.76. The Morgan fingerprint density at radius 2 is 1.82 bits per heavy atom. The third-order valence-corrected chi connectivity index (χ3v) is 4.03. The molecule has 2 nitrogen and oxygen atoms in total. The summed E-state index contributed by atoms with van der Waals surface area (Å²) in [6, 6.07) is 0.490. The van der Waals surface area contributed by atoms with E-state index in [2.05, 4.69) is 59.2 Å². The van der Waals surface area contributed by atoms with Gasteiger partial charge in [-0.15, -0.1) is 11.3 Å². The van der Waals surface area contributed by atoms with Gasteiger partial charge in [-0.3, -0.25) is 0 Å². The van der Waals surface area contributed by atoms with E-state index >= 15 is 0 Å². The molecule has 1 N–H and O–H groups in total. The van der Waals surface area contributed by atoms with Crippen LogP contribution in [0.3, 0.4) is 0 Å². The van der Waals surface area contributed by atoms with Crippen LogP contribution < -0.4 is 5.32 Å². The SMILES string of the molecule is CC(NCc1nc(C(C)(C)C)cs1)C(C)(C)C. The number of thiazole rings is 1. The van der Waals surface area contributed by atoms with Gasteiger partial charge in [-0.2, -0.15) is 0 Å². The number of rotatable bonds is 3. The predicted molar refractivity (Wildman–Crippen MR) is 76.6 cm³/mol. The molecule has 0 saturated carbocycles. The largest absolute Gasteiger partial charge is 0.307 e. The first-order valence-electron chi connectivity index (χ1n) is 6.29. The van der Waals surface area contributed by atoms with E-state index in [1.807, 2.05) is 0 Å². The quantitative estimate of drug-likeness (QED) is 0.883. The Hall–Kier alpha value is -0.410. The zero-order chi connectivity index (χ0) is 13.3. The molecule has 1 aromatic heterocycles. The van der Waals surface area contributed by atoms with Crippen molar-refractivity contribution >= 4 is 11.3 Å². The van der Waals surface area contributed by atoms with E-state index in [-0.39, 0.29) is 5.41 Å². The molecule has 3 heteroatoms. The van der Waals surface area contributed by atoms with E-state index in [9.17, 15) is 0 Å². The average molecular weight is 254 g/mol. The lowest BCUT2D eigenvalue weighted by Crippen LogP contribution is -2.37. The van der Waals surface area contributed by atoms with Crippen molar-refractivity contribution in [2.45, 2.75) is 66.5 Å². The Balaban J connectivity index is 2.57. The van der Waals surface area contributed by atoms with Crippen LogP contribution in [-0.2, 0) is 12.0 Å². The first-order valence-corrected chi connectivity index (χ1v) is 7.17. The predicted octanol–water partition coefficient (Wildman–Crippen LogP) is 3.96. The van der Waals surface area contributed by atoms with Crippen molar-refractivity contribution in [2.24, 2.45) is 5.41 Å². The zero-order valence-corrected chi connectivity index (χ0v) is 13.0. The average Bonchev–Trinajstić information content (AvgIpc) is 2.59. The summed E-state index contributed by atoms with van der Waals surface area (Å²) in [5, 5.41) is 6.92. The summed E-state index contributed by atoms with van der Waals surface area (Å²) in [5.74, 6) is 0. The molecule has 0 bridgehead atoms. The van der Waals surface area contributed by atoms with Crippen LogP contribution in [-0.4, -0.2) is 11.0 Å².